The van der Waals surface area contributed by atoms with Crippen LogP contribution in [0.25, 0.3) is 0 Å². The number of carboxylic acid groups (broad SMARTS) is 1. The van der Waals surface area contributed by atoms with Gasteiger partial charge in [0, 0.05) is 52.6 Å². The first kappa shape index (κ1) is 22.3. The molecular weight excluding hydrogens is 382 g/mol. The number of piperazine rings is 1. The maximum Gasteiger partial charge on any atom is 0.303 e. The van der Waals surface area contributed by atoms with Gasteiger partial charge in [-0.2, -0.15) is 0 Å². The van der Waals surface area contributed by atoms with Crippen LogP contribution in [0.1, 0.15) is 31.7 Å². The van der Waals surface area contributed by atoms with Crippen molar-refractivity contribution in [3.63, 3.8) is 0 Å². The molecule has 2 fully saturated rings. The molecule has 1 aromatic rings. The minimum atomic E-state index is -0.760. The Balaban J connectivity index is 1.55. The van der Waals surface area contributed by atoms with Gasteiger partial charge < -0.3 is 14.9 Å². The number of carboxylic acids is 1. The molecule has 7 heteroatoms. The van der Waals surface area contributed by atoms with E-state index >= 15 is 0 Å². The summed E-state index contributed by atoms with van der Waals surface area (Å²) in [5.41, 5.74) is 1.01. The summed E-state index contributed by atoms with van der Waals surface area (Å²) < 4.78 is 0. The molecule has 164 valence electrons. The molecule has 0 saturated carbocycles. The normalized spacial score (nSPS) is 22.7. The van der Waals surface area contributed by atoms with E-state index in [1.54, 1.807) is 6.92 Å². The highest BCUT2D eigenvalue weighted by atomic mass is 16.4. The third-order valence-corrected chi connectivity index (χ3v) is 6.51. The molecule has 2 aliphatic rings. The van der Waals surface area contributed by atoms with E-state index in [4.69, 9.17) is 0 Å². The Morgan fingerprint density at radius 2 is 1.67 bits per heavy atom. The maximum absolute atomic E-state index is 12.8. The lowest BCUT2D eigenvalue weighted by atomic mass is 9.81. The number of carbonyl (C=O) groups is 3. The summed E-state index contributed by atoms with van der Waals surface area (Å²) >= 11 is 0. The quantitative estimate of drug-likeness (QED) is 0.733. The molecule has 1 N–H and O–H groups in total. The number of aliphatic carboxylic acids is 1. The van der Waals surface area contributed by atoms with Crippen molar-refractivity contribution < 1.29 is 19.5 Å². The zero-order valence-electron chi connectivity index (χ0n) is 17.8. The molecule has 2 amide bonds. The van der Waals surface area contributed by atoms with E-state index in [0.717, 1.165) is 51.1 Å². The zero-order valence-corrected chi connectivity index (χ0v) is 17.8. The summed E-state index contributed by atoms with van der Waals surface area (Å²) in [5.74, 6) is -0.211. The van der Waals surface area contributed by atoms with Crippen molar-refractivity contribution in [2.75, 3.05) is 45.8 Å². The zero-order chi connectivity index (χ0) is 21.5. The first-order valence-corrected chi connectivity index (χ1v) is 10.9. The van der Waals surface area contributed by atoms with Gasteiger partial charge in [-0.25, -0.2) is 0 Å². The van der Waals surface area contributed by atoms with Gasteiger partial charge in [0.2, 0.25) is 11.8 Å². The smallest absolute Gasteiger partial charge is 0.303 e. The van der Waals surface area contributed by atoms with Gasteiger partial charge in [-0.1, -0.05) is 30.3 Å². The van der Waals surface area contributed by atoms with E-state index in [9.17, 15) is 19.5 Å². The average molecular weight is 416 g/mol. The van der Waals surface area contributed by atoms with Crippen LogP contribution in [0, 0.1) is 11.8 Å². The number of nitrogens with zero attached hydrogens (tertiary/aromatic N) is 3. The molecule has 0 aliphatic carbocycles. The standard InChI is InChI=1S/C23H33N3O4/c1-18(27)25-13-11-24(12-14-25)9-7-21-17-26(10-8-20(21)16-23(29)30)22(28)15-19-5-3-2-4-6-19/h2-6,20-21H,7-17H2,1H3,(H,29,30). The molecule has 2 atom stereocenters. The summed E-state index contributed by atoms with van der Waals surface area (Å²) in [6.07, 6.45) is 2.19. The van der Waals surface area contributed by atoms with Gasteiger partial charge in [0.05, 0.1) is 6.42 Å². The Labute approximate surface area is 178 Å². The number of benzene rings is 1. The molecular formula is C23H33N3O4. The number of carbonyl (C=O) groups excluding carboxylic acids is 2. The molecule has 0 spiro atoms. The van der Waals surface area contributed by atoms with Crippen LogP contribution in [0.3, 0.4) is 0 Å². The Morgan fingerprint density at radius 1 is 0.967 bits per heavy atom. The van der Waals surface area contributed by atoms with E-state index in [1.807, 2.05) is 40.1 Å². The van der Waals surface area contributed by atoms with E-state index in [0.29, 0.717) is 19.5 Å². The van der Waals surface area contributed by atoms with E-state index in [-0.39, 0.29) is 30.1 Å². The molecule has 0 bridgehead atoms. The molecule has 2 aliphatic heterocycles. The highest BCUT2D eigenvalue weighted by Gasteiger charge is 2.33. The molecule has 0 radical (unpaired) electrons. The first-order valence-electron chi connectivity index (χ1n) is 10.9. The number of piperidine rings is 1. The molecule has 2 saturated heterocycles. The van der Waals surface area contributed by atoms with Crippen molar-refractivity contribution >= 4 is 17.8 Å². The maximum atomic E-state index is 12.8. The largest absolute Gasteiger partial charge is 0.481 e. The van der Waals surface area contributed by atoms with Gasteiger partial charge in [-0.3, -0.25) is 19.3 Å². The first-order chi connectivity index (χ1) is 14.4. The number of rotatable bonds is 7. The predicted molar refractivity (Wildman–Crippen MR) is 114 cm³/mol. The topological polar surface area (TPSA) is 81.2 Å². The summed E-state index contributed by atoms with van der Waals surface area (Å²) in [6, 6.07) is 9.75. The second kappa shape index (κ2) is 10.6. The highest BCUT2D eigenvalue weighted by molar-refractivity contribution is 5.79. The summed E-state index contributed by atoms with van der Waals surface area (Å²) in [5, 5.41) is 9.32. The Morgan fingerprint density at radius 3 is 2.30 bits per heavy atom. The fourth-order valence-corrected chi connectivity index (χ4v) is 4.64. The van der Waals surface area contributed by atoms with Crippen LogP contribution in [0.4, 0.5) is 0 Å². The van der Waals surface area contributed by atoms with Crippen LogP contribution in [-0.2, 0) is 20.8 Å². The minimum Gasteiger partial charge on any atom is -0.481 e. The molecule has 1 aromatic carbocycles. The van der Waals surface area contributed by atoms with Crippen LogP contribution < -0.4 is 0 Å². The predicted octanol–water partition coefficient (Wildman–Crippen LogP) is 1.72. The van der Waals surface area contributed by atoms with Crippen molar-refractivity contribution in [3.8, 4) is 0 Å². The Bertz CT molecular complexity index is 731. The molecule has 3 rings (SSSR count). The van der Waals surface area contributed by atoms with Crippen LogP contribution in [-0.4, -0.2) is 83.4 Å². The van der Waals surface area contributed by atoms with Crippen LogP contribution in [0.15, 0.2) is 30.3 Å². The number of likely N-dealkylation sites (tertiary alicyclic amines) is 1. The molecule has 0 aromatic heterocycles. The minimum absolute atomic E-state index is 0.113. The Kier molecular flexibility index (Phi) is 7.85. The van der Waals surface area contributed by atoms with Crippen molar-refractivity contribution in [3.05, 3.63) is 35.9 Å². The van der Waals surface area contributed by atoms with Crippen molar-refractivity contribution in [1.82, 2.24) is 14.7 Å². The van der Waals surface area contributed by atoms with Gasteiger partial charge in [0.25, 0.3) is 0 Å². The molecule has 2 heterocycles. The summed E-state index contributed by atoms with van der Waals surface area (Å²) in [4.78, 5) is 41.8. The fourth-order valence-electron chi connectivity index (χ4n) is 4.64. The fraction of sp³-hybridized carbons (Fsp3) is 0.609. The SMILES string of the molecule is CC(=O)N1CCN(CCC2CN(C(=O)Cc3ccccc3)CCC2CC(=O)O)CC1. The second-order valence-electron chi connectivity index (χ2n) is 8.55. The van der Waals surface area contributed by atoms with Crippen molar-refractivity contribution in [2.45, 2.75) is 32.6 Å². The van der Waals surface area contributed by atoms with Crippen molar-refractivity contribution in [2.24, 2.45) is 11.8 Å². The third kappa shape index (κ3) is 6.29. The number of hydrogen-bond acceptors (Lipinski definition) is 4. The average Bonchev–Trinajstić information content (AvgIpc) is 2.73. The lowest BCUT2D eigenvalue weighted by Crippen LogP contribution is -2.49. The van der Waals surface area contributed by atoms with Gasteiger partial charge in [-0.15, -0.1) is 0 Å². The van der Waals surface area contributed by atoms with Crippen LogP contribution in [0.2, 0.25) is 0 Å². The monoisotopic (exact) mass is 415 g/mol. The van der Waals surface area contributed by atoms with Crippen molar-refractivity contribution in [1.29, 1.82) is 0 Å². The second-order valence-corrected chi connectivity index (χ2v) is 8.55. The number of amides is 2. The number of hydrogen-bond donors (Lipinski definition) is 1. The Hall–Kier alpha value is -2.41. The third-order valence-electron chi connectivity index (χ3n) is 6.51. The van der Waals surface area contributed by atoms with Gasteiger partial charge in [0.15, 0.2) is 0 Å². The lowest BCUT2D eigenvalue weighted by molar-refractivity contribution is -0.140. The van der Waals surface area contributed by atoms with Gasteiger partial charge in [-0.05, 0) is 36.8 Å². The van der Waals surface area contributed by atoms with E-state index in [1.165, 1.54) is 0 Å². The molecule has 30 heavy (non-hydrogen) atoms. The summed E-state index contributed by atoms with van der Waals surface area (Å²) in [7, 11) is 0. The highest BCUT2D eigenvalue weighted by Crippen LogP contribution is 2.30. The van der Waals surface area contributed by atoms with Gasteiger partial charge >= 0.3 is 5.97 Å². The van der Waals surface area contributed by atoms with Crippen LogP contribution >= 0.6 is 0 Å². The van der Waals surface area contributed by atoms with E-state index in [2.05, 4.69) is 4.90 Å². The van der Waals surface area contributed by atoms with Crippen LogP contribution in [0.5, 0.6) is 0 Å². The van der Waals surface area contributed by atoms with Gasteiger partial charge in [0.1, 0.15) is 0 Å². The molecule has 2 unspecified atom stereocenters. The van der Waals surface area contributed by atoms with E-state index < -0.39 is 5.97 Å². The lowest BCUT2D eigenvalue weighted by Gasteiger charge is -2.40. The summed E-state index contributed by atoms with van der Waals surface area (Å²) in [6.45, 7) is 6.97. The molecule has 7 nitrogen and oxygen atoms in total.